The summed E-state index contributed by atoms with van der Waals surface area (Å²) in [6, 6.07) is 2.32. The van der Waals surface area contributed by atoms with E-state index in [1.54, 1.807) is 0 Å². The second-order valence-electron chi connectivity index (χ2n) is 4.47. The van der Waals surface area contributed by atoms with E-state index in [2.05, 4.69) is 5.32 Å². The van der Waals surface area contributed by atoms with Crippen molar-refractivity contribution in [3.05, 3.63) is 28.8 Å². The van der Waals surface area contributed by atoms with E-state index in [0.717, 1.165) is 16.4 Å². The number of benzene rings is 1. The Balaban J connectivity index is 0.00000220. The highest BCUT2D eigenvalue weighted by atomic mass is 35.5. The average Bonchev–Trinajstić information content (AvgIpc) is 2.24. The van der Waals surface area contributed by atoms with Crippen molar-refractivity contribution in [3.63, 3.8) is 0 Å². The van der Waals surface area contributed by atoms with Gasteiger partial charge in [0.1, 0.15) is 0 Å². The van der Waals surface area contributed by atoms with Crippen LogP contribution in [-0.2, 0) is 16.2 Å². The average molecular weight is 365 g/mol. The van der Waals surface area contributed by atoms with E-state index >= 15 is 0 Å². The van der Waals surface area contributed by atoms with Gasteiger partial charge in [0, 0.05) is 31.2 Å². The van der Waals surface area contributed by atoms with Crippen molar-refractivity contribution in [1.82, 2.24) is 9.62 Å². The van der Waals surface area contributed by atoms with Crippen LogP contribution < -0.4 is 5.32 Å². The molecule has 10 heteroatoms. The first-order valence-electron chi connectivity index (χ1n) is 5.69. The molecule has 1 heterocycles. The van der Waals surface area contributed by atoms with Crippen LogP contribution >= 0.6 is 24.0 Å². The van der Waals surface area contributed by atoms with Crippen molar-refractivity contribution in [2.75, 3.05) is 20.1 Å². The van der Waals surface area contributed by atoms with Gasteiger partial charge in [0.05, 0.1) is 10.5 Å². The van der Waals surface area contributed by atoms with Crippen molar-refractivity contribution in [1.29, 1.82) is 0 Å². The standard InChI is InChI=1S/C11H12ClF3N2O2S.ClH/c1-17(8-5-16-6-8)20(18,19)10-3-2-7(12)4-9(10)11(13,14)15;/h2-4,8,16H,5-6H2,1H3;1H. The summed E-state index contributed by atoms with van der Waals surface area (Å²) in [5, 5.41) is 2.71. The molecule has 0 bridgehead atoms. The molecule has 1 aromatic carbocycles. The summed E-state index contributed by atoms with van der Waals surface area (Å²) >= 11 is 5.54. The molecule has 0 spiro atoms. The fourth-order valence-electron chi connectivity index (χ4n) is 1.83. The van der Waals surface area contributed by atoms with E-state index in [-0.39, 0.29) is 23.5 Å². The molecule has 120 valence electrons. The molecule has 1 aromatic rings. The van der Waals surface area contributed by atoms with E-state index in [1.807, 2.05) is 0 Å². The molecule has 0 radical (unpaired) electrons. The molecular formula is C11H13Cl2F3N2O2S. The number of nitrogens with zero attached hydrogens (tertiary/aromatic N) is 1. The maximum Gasteiger partial charge on any atom is 0.417 e. The third-order valence-corrected chi connectivity index (χ3v) is 5.38. The van der Waals surface area contributed by atoms with Gasteiger partial charge in [-0.2, -0.15) is 17.5 Å². The predicted molar refractivity (Wildman–Crippen MR) is 75.3 cm³/mol. The summed E-state index contributed by atoms with van der Waals surface area (Å²) in [5.41, 5.74) is -1.25. The fraction of sp³-hybridized carbons (Fsp3) is 0.455. The van der Waals surface area contributed by atoms with Gasteiger partial charge < -0.3 is 5.32 Å². The number of rotatable bonds is 3. The zero-order valence-corrected chi connectivity index (χ0v) is 13.2. The summed E-state index contributed by atoms with van der Waals surface area (Å²) < 4.78 is 64.5. The highest BCUT2D eigenvalue weighted by Crippen LogP contribution is 2.37. The van der Waals surface area contributed by atoms with Gasteiger partial charge in [0.2, 0.25) is 10.0 Å². The Labute approximate surface area is 131 Å². The van der Waals surface area contributed by atoms with Crippen molar-refractivity contribution in [2.45, 2.75) is 17.1 Å². The normalized spacial score (nSPS) is 16.5. The quantitative estimate of drug-likeness (QED) is 0.895. The minimum absolute atomic E-state index is 0. The topological polar surface area (TPSA) is 49.4 Å². The lowest BCUT2D eigenvalue weighted by Gasteiger charge is -2.35. The van der Waals surface area contributed by atoms with Crippen LogP contribution in [0.3, 0.4) is 0 Å². The Bertz CT molecular complexity index is 618. The van der Waals surface area contributed by atoms with Crippen LogP contribution in [0.15, 0.2) is 23.1 Å². The fourth-order valence-corrected chi connectivity index (χ4v) is 3.55. The number of halogens is 5. The van der Waals surface area contributed by atoms with Gasteiger partial charge in [-0.1, -0.05) is 11.6 Å². The SMILES string of the molecule is CN(C1CNC1)S(=O)(=O)c1ccc(Cl)cc1C(F)(F)F.Cl. The van der Waals surface area contributed by atoms with Gasteiger partial charge in [0.15, 0.2) is 0 Å². The molecule has 0 unspecified atom stereocenters. The smallest absolute Gasteiger partial charge is 0.313 e. The molecule has 1 fully saturated rings. The Morgan fingerprint density at radius 3 is 2.33 bits per heavy atom. The third-order valence-electron chi connectivity index (χ3n) is 3.18. The zero-order chi connectivity index (χ0) is 15.1. The van der Waals surface area contributed by atoms with Crippen LogP contribution in [0.5, 0.6) is 0 Å². The second kappa shape index (κ2) is 6.29. The van der Waals surface area contributed by atoms with Crippen LogP contribution in [0.2, 0.25) is 5.02 Å². The molecular weight excluding hydrogens is 352 g/mol. The van der Waals surface area contributed by atoms with Crippen molar-refractivity contribution < 1.29 is 21.6 Å². The number of nitrogens with one attached hydrogen (secondary N) is 1. The Hall–Kier alpha value is -0.540. The van der Waals surface area contributed by atoms with Crippen LogP contribution in [0.1, 0.15) is 5.56 Å². The van der Waals surface area contributed by atoms with Gasteiger partial charge in [-0.05, 0) is 18.2 Å². The van der Waals surface area contributed by atoms with Crippen LogP contribution in [-0.4, -0.2) is 38.9 Å². The van der Waals surface area contributed by atoms with Gasteiger partial charge in [-0.15, -0.1) is 12.4 Å². The number of hydrogen-bond donors (Lipinski definition) is 1. The Morgan fingerprint density at radius 1 is 1.33 bits per heavy atom. The molecule has 0 saturated carbocycles. The summed E-state index contributed by atoms with van der Waals surface area (Å²) in [7, 11) is -2.94. The molecule has 0 amide bonds. The number of likely N-dealkylation sites (N-methyl/N-ethyl adjacent to an activating group) is 1. The molecule has 21 heavy (non-hydrogen) atoms. The van der Waals surface area contributed by atoms with Crippen molar-refractivity contribution in [2.24, 2.45) is 0 Å². The lowest BCUT2D eigenvalue weighted by atomic mass is 10.2. The van der Waals surface area contributed by atoms with Gasteiger partial charge >= 0.3 is 6.18 Å². The van der Waals surface area contributed by atoms with E-state index in [4.69, 9.17) is 11.6 Å². The summed E-state index contributed by atoms with van der Waals surface area (Å²) in [6.07, 6.45) is -4.79. The van der Waals surface area contributed by atoms with Gasteiger partial charge in [-0.3, -0.25) is 0 Å². The number of hydrogen-bond acceptors (Lipinski definition) is 3. The largest absolute Gasteiger partial charge is 0.417 e. The van der Waals surface area contributed by atoms with Crippen LogP contribution in [0, 0.1) is 0 Å². The molecule has 2 rings (SSSR count). The molecule has 1 N–H and O–H groups in total. The Morgan fingerprint density at radius 2 is 1.90 bits per heavy atom. The molecule has 1 aliphatic heterocycles. The molecule has 0 aliphatic carbocycles. The van der Waals surface area contributed by atoms with Crippen molar-refractivity contribution in [3.8, 4) is 0 Å². The van der Waals surface area contributed by atoms with E-state index in [1.165, 1.54) is 7.05 Å². The maximum atomic E-state index is 13.0. The van der Waals surface area contributed by atoms with Gasteiger partial charge in [-0.25, -0.2) is 8.42 Å². The summed E-state index contributed by atoms with van der Waals surface area (Å²) in [5.74, 6) is 0. The highest BCUT2D eigenvalue weighted by molar-refractivity contribution is 7.89. The minimum atomic E-state index is -4.79. The molecule has 4 nitrogen and oxygen atoms in total. The maximum absolute atomic E-state index is 13.0. The first-order valence-corrected chi connectivity index (χ1v) is 7.51. The molecule has 0 atom stereocenters. The van der Waals surface area contributed by atoms with Crippen LogP contribution in [0.25, 0.3) is 0 Å². The monoisotopic (exact) mass is 364 g/mol. The lowest BCUT2D eigenvalue weighted by Crippen LogP contribution is -2.57. The molecule has 0 aromatic heterocycles. The summed E-state index contributed by atoms with van der Waals surface area (Å²) in [4.78, 5) is -0.774. The second-order valence-corrected chi connectivity index (χ2v) is 6.87. The number of alkyl halides is 3. The lowest BCUT2D eigenvalue weighted by molar-refractivity contribution is -0.139. The number of sulfonamides is 1. The van der Waals surface area contributed by atoms with Gasteiger partial charge in [0.25, 0.3) is 0 Å². The van der Waals surface area contributed by atoms with E-state index in [0.29, 0.717) is 19.2 Å². The highest BCUT2D eigenvalue weighted by Gasteiger charge is 2.40. The predicted octanol–water partition coefficient (Wildman–Crippen LogP) is 2.37. The molecule has 1 saturated heterocycles. The first-order chi connectivity index (χ1) is 9.14. The van der Waals surface area contributed by atoms with Crippen LogP contribution in [0.4, 0.5) is 13.2 Å². The third kappa shape index (κ3) is 3.62. The Kier molecular flexibility index (Phi) is 5.55. The molecule has 1 aliphatic rings. The van der Waals surface area contributed by atoms with E-state index in [9.17, 15) is 21.6 Å². The summed E-state index contributed by atoms with van der Waals surface area (Å²) in [6.45, 7) is 0.843. The minimum Gasteiger partial charge on any atom is -0.313 e. The van der Waals surface area contributed by atoms with Crippen molar-refractivity contribution >= 4 is 34.0 Å². The van der Waals surface area contributed by atoms with E-state index < -0.39 is 26.7 Å². The zero-order valence-electron chi connectivity index (χ0n) is 10.8. The first kappa shape index (κ1) is 18.5.